The van der Waals surface area contributed by atoms with Crippen LogP contribution in [-0.4, -0.2) is 35.1 Å². The maximum absolute atomic E-state index is 13.9. The van der Waals surface area contributed by atoms with Crippen LogP contribution in [0.5, 0.6) is 0 Å². The molecule has 2 aliphatic rings. The number of carboxylic acids is 1. The summed E-state index contributed by atoms with van der Waals surface area (Å²) in [7, 11) is 0. The van der Waals surface area contributed by atoms with Gasteiger partial charge in [-0.1, -0.05) is 12.1 Å². The minimum absolute atomic E-state index is 0.205. The van der Waals surface area contributed by atoms with E-state index in [1.54, 1.807) is 17.9 Å². The van der Waals surface area contributed by atoms with Gasteiger partial charge < -0.3 is 15.3 Å². The van der Waals surface area contributed by atoms with Gasteiger partial charge in [-0.2, -0.15) is 0 Å². The first kappa shape index (κ1) is 15.8. The summed E-state index contributed by atoms with van der Waals surface area (Å²) in [6, 6.07) is 4.49. The highest BCUT2D eigenvalue weighted by Gasteiger charge is 2.42. The number of rotatable bonds is 2. The van der Waals surface area contributed by atoms with Crippen LogP contribution in [0, 0.1) is 11.2 Å². The number of hydrogen-bond acceptors (Lipinski definition) is 2. The zero-order chi connectivity index (χ0) is 16.6. The molecule has 0 bridgehead atoms. The monoisotopic (exact) mass is 320 g/mol. The fourth-order valence-corrected chi connectivity index (χ4v) is 3.50. The van der Waals surface area contributed by atoms with Crippen LogP contribution in [0.25, 0.3) is 0 Å². The summed E-state index contributed by atoms with van der Waals surface area (Å²) < 4.78 is 13.9. The molecule has 1 aromatic carbocycles. The van der Waals surface area contributed by atoms with Crippen molar-refractivity contribution in [2.24, 2.45) is 5.41 Å². The number of urea groups is 1. The maximum Gasteiger partial charge on any atom is 0.317 e. The quantitative estimate of drug-likeness (QED) is 0.880. The summed E-state index contributed by atoms with van der Waals surface area (Å²) in [6.07, 6.45) is 2.73. The van der Waals surface area contributed by atoms with E-state index in [1.165, 1.54) is 6.07 Å². The molecule has 1 saturated heterocycles. The van der Waals surface area contributed by atoms with Crippen LogP contribution in [0.4, 0.5) is 9.18 Å². The Balaban J connectivity index is 1.71. The minimum atomic E-state index is -0.881. The lowest BCUT2D eigenvalue weighted by atomic mass is 9.87. The molecule has 2 amide bonds. The van der Waals surface area contributed by atoms with Gasteiger partial charge in [0.2, 0.25) is 0 Å². The second-order valence-electron chi connectivity index (χ2n) is 6.74. The van der Waals surface area contributed by atoms with E-state index in [2.05, 4.69) is 5.32 Å². The predicted octanol–water partition coefficient (Wildman–Crippen LogP) is 2.71. The Kier molecular flexibility index (Phi) is 4.00. The van der Waals surface area contributed by atoms with Gasteiger partial charge in [-0.3, -0.25) is 4.79 Å². The van der Waals surface area contributed by atoms with Crippen molar-refractivity contribution in [3.63, 3.8) is 0 Å². The number of likely N-dealkylation sites (tertiary alicyclic amines) is 1. The molecule has 2 unspecified atom stereocenters. The number of aliphatic carboxylic acids is 1. The van der Waals surface area contributed by atoms with Crippen LogP contribution in [-0.2, 0) is 11.2 Å². The van der Waals surface area contributed by atoms with Crippen LogP contribution in [0.1, 0.15) is 43.4 Å². The smallest absolute Gasteiger partial charge is 0.317 e. The van der Waals surface area contributed by atoms with Gasteiger partial charge in [0.1, 0.15) is 5.82 Å². The van der Waals surface area contributed by atoms with E-state index in [9.17, 15) is 19.1 Å². The van der Waals surface area contributed by atoms with Crippen molar-refractivity contribution in [1.29, 1.82) is 0 Å². The SMILES string of the molecule is CC1(C(=O)O)CCN(C(=O)NC2CCCc3c(F)cccc32)C1. The van der Waals surface area contributed by atoms with Gasteiger partial charge in [0, 0.05) is 13.1 Å². The third-order valence-corrected chi connectivity index (χ3v) is 5.02. The Bertz CT molecular complexity index is 649. The summed E-state index contributed by atoms with van der Waals surface area (Å²) in [5.74, 6) is -1.10. The van der Waals surface area contributed by atoms with Crippen LogP contribution in [0.3, 0.4) is 0 Å². The summed E-state index contributed by atoms with van der Waals surface area (Å²) in [5.41, 5.74) is 0.638. The van der Waals surface area contributed by atoms with Crippen LogP contribution < -0.4 is 5.32 Å². The third kappa shape index (κ3) is 2.90. The number of nitrogens with one attached hydrogen (secondary N) is 1. The standard InChI is InChI=1S/C17H21FN2O3/c1-17(15(21)22)8-9-20(10-17)16(23)19-14-7-3-4-11-12(14)5-2-6-13(11)18/h2,5-6,14H,3-4,7-10H2,1H3,(H,19,23)(H,21,22). The number of carboxylic acid groups (broad SMARTS) is 1. The molecule has 5 nitrogen and oxygen atoms in total. The number of benzene rings is 1. The van der Waals surface area contributed by atoms with Crippen molar-refractivity contribution < 1.29 is 19.1 Å². The van der Waals surface area contributed by atoms with Gasteiger partial charge in [-0.25, -0.2) is 9.18 Å². The number of hydrogen-bond donors (Lipinski definition) is 2. The van der Waals surface area contributed by atoms with Crippen molar-refractivity contribution in [2.45, 2.75) is 38.6 Å². The highest BCUT2D eigenvalue weighted by molar-refractivity contribution is 5.79. The second-order valence-corrected chi connectivity index (χ2v) is 6.74. The van der Waals surface area contributed by atoms with E-state index in [0.717, 1.165) is 18.4 Å². The summed E-state index contributed by atoms with van der Waals surface area (Å²) in [5, 5.41) is 12.2. The van der Waals surface area contributed by atoms with Crippen LogP contribution in [0.2, 0.25) is 0 Å². The molecule has 1 heterocycles. The highest BCUT2D eigenvalue weighted by atomic mass is 19.1. The molecule has 0 radical (unpaired) electrons. The zero-order valence-electron chi connectivity index (χ0n) is 13.1. The number of carbonyl (C=O) groups is 2. The summed E-state index contributed by atoms with van der Waals surface area (Å²) in [4.78, 5) is 25.3. The molecule has 0 spiro atoms. The number of halogens is 1. The lowest BCUT2D eigenvalue weighted by Crippen LogP contribution is -2.43. The highest BCUT2D eigenvalue weighted by Crippen LogP contribution is 2.33. The second kappa shape index (κ2) is 5.83. The predicted molar refractivity (Wildman–Crippen MR) is 82.5 cm³/mol. The lowest BCUT2D eigenvalue weighted by Gasteiger charge is -2.29. The molecule has 1 aliphatic heterocycles. The number of fused-ring (bicyclic) bond motifs is 1. The number of carbonyl (C=O) groups excluding carboxylic acids is 1. The van der Waals surface area contributed by atoms with Crippen molar-refractivity contribution in [3.8, 4) is 0 Å². The van der Waals surface area contributed by atoms with Crippen molar-refractivity contribution in [3.05, 3.63) is 35.1 Å². The fraction of sp³-hybridized carbons (Fsp3) is 0.529. The van der Waals surface area contributed by atoms with Crippen molar-refractivity contribution in [1.82, 2.24) is 10.2 Å². The van der Waals surface area contributed by atoms with Crippen molar-refractivity contribution in [2.75, 3.05) is 13.1 Å². The van der Waals surface area contributed by atoms with Gasteiger partial charge >= 0.3 is 12.0 Å². The van der Waals surface area contributed by atoms with E-state index in [4.69, 9.17) is 0 Å². The molecule has 0 aromatic heterocycles. The van der Waals surface area contributed by atoms with Crippen LogP contribution >= 0.6 is 0 Å². The van der Waals surface area contributed by atoms with E-state index in [1.807, 2.05) is 6.07 Å². The molecule has 6 heteroatoms. The Morgan fingerprint density at radius 3 is 2.91 bits per heavy atom. The van der Waals surface area contributed by atoms with Crippen LogP contribution in [0.15, 0.2) is 18.2 Å². The number of nitrogens with zero attached hydrogens (tertiary/aromatic N) is 1. The summed E-state index contributed by atoms with van der Waals surface area (Å²) >= 11 is 0. The summed E-state index contributed by atoms with van der Waals surface area (Å²) in [6.45, 7) is 2.29. The molecule has 1 aliphatic carbocycles. The first-order chi connectivity index (χ1) is 10.9. The van der Waals surface area contributed by atoms with Gasteiger partial charge in [0.15, 0.2) is 0 Å². The Hall–Kier alpha value is -2.11. The van der Waals surface area contributed by atoms with Gasteiger partial charge in [-0.05, 0) is 49.8 Å². The zero-order valence-corrected chi connectivity index (χ0v) is 13.1. The Morgan fingerprint density at radius 2 is 2.22 bits per heavy atom. The minimum Gasteiger partial charge on any atom is -0.481 e. The molecule has 2 N–H and O–H groups in total. The van der Waals surface area contributed by atoms with E-state index >= 15 is 0 Å². The average Bonchev–Trinajstić information content (AvgIpc) is 2.92. The molecule has 1 aromatic rings. The topological polar surface area (TPSA) is 69.6 Å². The van der Waals surface area contributed by atoms with Gasteiger partial charge in [0.25, 0.3) is 0 Å². The molecule has 1 fully saturated rings. The molecule has 0 saturated carbocycles. The van der Waals surface area contributed by atoms with Gasteiger partial charge in [0.05, 0.1) is 11.5 Å². The van der Waals surface area contributed by atoms with E-state index < -0.39 is 11.4 Å². The maximum atomic E-state index is 13.9. The third-order valence-electron chi connectivity index (χ3n) is 5.02. The first-order valence-electron chi connectivity index (χ1n) is 7.97. The molecule has 2 atom stereocenters. The van der Waals surface area contributed by atoms with Crippen molar-refractivity contribution >= 4 is 12.0 Å². The fourth-order valence-electron chi connectivity index (χ4n) is 3.50. The number of amides is 2. The van der Waals surface area contributed by atoms with E-state index in [-0.39, 0.29) is 24.4 Å². The van der Waals surface area contributed by atoms with E-state index in [0.29, 0.717) is 24.9 Å². The molecule has 124 valence electrons. The lowest BCUT2D eigenvalue weighted by molar-refractivity contribution is -0.147. The average molecular weight is 320 g/mol. The normalized spacial score (nSPS) is 26.7. The molecular weight excluding hydrogens is 299 g/mol. The largest absolute Gasteiger partial charge is 0.481 e. The van der Waals surface area contributed by atoms with Gasteiger partial charge in [-0.15, -0.1) is 0 Å². The Morgan fingerprint density at radius 1 is 1.43 bits per heavy atom. The Labute approximate surface area is 134 Å². The molecular formula is C17H21FN2O3. The molecule has 23 heavy (non-hydrogen) atoms. The first-order valence-corrected chi connectivity index (χ1v) is 7.97. The molecule has 3 rings (SSSR count).